The third-order valence-corrected chi connectivity index (χ3v) is 4.77. The Labute approximate surface area is 115 Å². The Kier molecular flexibility index (Phi) is 2.35. The van der Waals surface area contributed by atoms with Gasteiger partial charge >= 0.3 is 0 Å². The van der Waals surface area contributed by atoms with Crippen molar-refractivity contribution in [3.63, 3.8) is 0 Å². The lowest BCUT2D eigenvalue weighted by atomic mass is 10.1. The van der Waals surface area contributed by atoms with E-state index in [4.69, 9.17) is 0 Å². The number of aryl methyl sites for hydroxylation is 1. The molecule has 0 aromatic carbocycles. The number of hydrogen-bond acceptors (Lipinski definition) is 4. The van der Waals surface area contributed by atoms with Gasteiger partial charge in [-0.15, -0.1) is 11.3 Å². The Morgan fingerprint density at radius 1 is 1.26 bits per heavy atom. The SMILES string of the molecule is Cn1ccc2c(N3CCc4sccc4C3)ncnc21. The van der Waals surface area contributed by atoms with E-state index in [1.807, 2.05) is 29.1 Å². The third-order valence-electron chi connectivity index (χ3n) is 3.75. The van der Waals surface area contributed by atoms with Gasteiger partial charge < -0.3 is 9.47 Å². The van der Waals surface area contributed by atoms with E-state index in [0.29, 0.717) is 0 Å². The summed E-state index contributed by atoms with van der Waals surface area (Å²) >= 11 is 1.87. The first-order chi connectivity index (χ1) is 9.33. The Morgan fingerprint density at radius 2 is 2.21 bits per heavy atom. The highest BCUT2D eigenvalue weighted by Crippen LogP contribution is 2.30. The Morgan fingerprint density at radius 3 is 3.16 bits per heavy atom. The van der Waals surface area contributed by atoms with Crippen molar-refractivity contribution in [2.45, 2.75) is 13.0 Å². The predicted molar refractivity (Wildman–Crippen MR) is 77.6 cm³/mol. The summed E-state index contributed by atoms with van der Waals surface area (Å²) < 4.78 is 2.04. The van der Waals surface area contributed by atoms with E-state index in [2.05, 4.69) is 32.4 Å². The van der Waals surface area contributed by atoms with E-state index in [-0.39, 0.29) is 0 Å². The van der Waals surface area contributed by atoms with Crippen LogP contribution in [0.2, 0.25) is 0 Å². The molecule has 3 aromatic rings. The van der Waals surface area contributed by atoms with Crippen molar-refractivity contribution in [1.82, 2.24) is 14.5 Å². The number of thiophene rings is 1. The van der Waals surface area contributed by atoms with Crippen molar-refractivity contribution < 1.29 is 0 Å². The highest BCUT2D eigenvalue weighted by molar-refractivity contribution is 7.10. The zero-order valence-corrected chi connectivity index (χ0v) is 11.5. The maximum absolute atomic E-state index is 4.51. The molecule has 1 aliphatic rings. The normalized spacial score (nSPS) is 14.9. The van der Waals surface area contributed by atoms with Crippen LogP contribution in [-0.2, 0) is 20.0 Å². The average molecular weight is 270 g/mol. The maximum atomic E-state index is 4.51. The second-order valence-corrected chi connectivity index (χ2v) is 5.90. The second-order valence-electron chi connectivity index (χ2n) is 4.90. The van der Waals surface area contributed by atoms with E-state index in [0.717, 1.165) is 36.4 Å². The first-order valence-corrected chi connectivity index (χ1v) is 7.27. The van der Waals surface area contributed by atoms with Crippen molar-refractivity contribution in [3.05, 3.63) is 40.5 Å². The molecule has 0 fully saturated rings. The summed E-state index contributed by atoms with van der Waals surface area (Å²) in [7, 11) is 2.02. The van der Waals surface area contributed by atoms with Crippen molar-refractivity contribution in [1.29, 1.82) is 0 Å². The van der Waals surface area contributed by atoms with E-state index >= 15 is 0 Å². The second kappa shape index (κ2) is 4.06. The molecule has 0 spiro atoms. The minimum Gasteiger partial charge on any atom is -0.351 e. The van der Waals surface area contributed by atoms with Gasteiger partial charge in [-0.05, 0) is 29.5 Å². The highest BCUT2D eigenvalue weighted by atomic mass is 32.1. The van der Waals surface area contributed by atoms with Gasteiger partial charge in [0.2, 0.25) is 0 Å². The zero-order valence-electron chi connectivity index (χ0n) is 10.7. The number of aromatic nitrogens is 3. The molecule has 0 bridgehead atoms. The summed E-state index contributed by atoms with van der Waals surface area (Å²) in [4.78, 5) is 12.7. The van der Waals surface area contributed by atoms with Crippen LogP contribution in [0.5, 0.6) is 0 Å². The standard InChI is InChI=1S/C14H14N4S/c1-17-5-2-11-13(17)15-9-16-14(11)18-6-3-12-10(8-18)4-7-19-12/h2,4-5,7,9H,3,6,8H2,1H3. The molecule has 0 atom stereocenters. The third kappa shape index (κ3) is 1.65. The summed E-state index contributed by atoms with van der Waals surface area (Å²) in [5.74, 6) is 1.06. The van der Waals surface area contributed by atoms with Crippen LogP contribution in [0.1, 0.15) is 10.4 Å². The molecule has 3 aromatic heterocycles. The minimum atomic E-state index is 0.958. The van der Waals surface area contributed by atoms with Gasteiger partial charge in [0.05, 0.1) is 5.39 Å². The first kappa shape index (κ1) is 11.0. The van der Waals surface area contributed by atoms with E-state index < -0.39 is 0 Å². The van der Waals surface area contributed by atoms with Crippen molar-refractivity contribution in [3.8, 4) is 0 Å². The van der Waals surface area contributed by atoms with Gasteiger partial charge in [-0.1, -0.05) is 0 Å². The predicted octanol–water partition coefficient (Wildman–Crippen LogP) is 2.59. The number of anilines is 1. The van der Waals surface area contributed by atoms with Gasteiger partial charge in [0.25, 0.3) is 0 Å². The maximum Gasteiger partial charge on any atom is 0.145 e. The monoisotopic (exact) mass is 270 g/mol. The average Bonchev–Trinajstić information content (AvgIpc) is 3.05. The number of rotatable bonds is 1. The van der Waals surface area contributed by atoms with E-state index in [1.54, 1.807) is 6.33 Å². The van der Waals surface area contributed by atoms with Gasteiger partial charge in [-0.3, -0.25) is 0 Å². The lowest BCUT2D eigenvalue weighted by Crippen LogP contribution is -2.30. The molecule has 4 rings (SSSR count). The van der Waals surface area contributed by atoms with Crippen LogP contribution in [0.25, 0.3) is 11.0 Å². The fraction of sp³-hybridized carbons (Fsp3) is 0.286. The van der Waals surface area contributed by atoms with Crippen LogP contribution in [-0.4, -0.2) is 21.1 Å². The molecule has 0 amide bonds. The Bertz CT molecular complexity index is 743. The van der Waals surface area contributed by atoms with Crippen LogP contribution in [0, 0.1) is 0 Å². The molecule has 0 saturated heterocycles. The molecule has 19 heavy (non-hydrogen) atoms. The molecule has 0 saturated carbocycles. The minimum absolute atomic E-state index is 0.958. The van der Waals surface area contributed by atoms with Gasteiger partial charge in [0, 0.05) is 31.2 Å². The quantitative estimate of drug-likeness (QED) is 0.681. The van der Waals surface area contributed by atoms with Gasteiger partial charge in [-0.2, -0.15) is 0 Å². The van der Waals surface area contributed by atoms with Gasteiger partial charge in [0.1, 0.15) is 17.8 Å². The summed E-state index contributed by atoms with van der Waals surface area (Å²) in [5, 5.41) is 3.33. The topological polar surface area (TPSA) is 34.0 Å². The summed E-state index contributed by atoms with van der Waals surface area (Å²) in [6.45, 7) is 1.99. The number of nitrogens with zero attached hydrogens (tertiary/aromatic N) is 4. The van der Waals surface area contributed by atoms with Crippen molar-refractivity contribution in [2.75, 3.05) is 11.4 Å². The lowest BCUT2D eigenvalue weighted by molar-refractivity contribution is 0.734. The van der Waals surface area contributed by atoms with Gasteiger partial charge in [-0.25, -0.2) is 9.97 Å². The molecule has 1 aliphatic heterocycles. The zero-order chi connectivity index (χ0) is 12.8. The smallest absolute Gasteiger partial charge is 0.145 e. The number of hydrogen-bond donors (Lipinski definition) is 0. The van der Waals surface area contributed by atoms with Crippen LogP contribution < -0.4 is 4.90 Å². The molecular weight excluding hydrogens is 256 g/mol. The van der Waals surface area contributed by atoms with Crippen LogP contribution in [0.4, 0.5) is 5.82 Å². The highest BCUT2D eigenvalue weighted by Gasteiger charge is 2.20. The molecule has 5 heteroatoms. The first-order valence-electron chi connectivity index (χ1n) is 6.39. The van der Waals surface area contributed by atoms with Crippen LogP contribution in [0.15, 0.2) is 30.0 Å². The largest absolute Gasteiger partial charge is 0.351 e. The van der Waals surface area contributed by atoms with Crippen LogP contribution in [0.3, 0.4) is 0 Å². The summed E-state index contributed by atoms with van der Waals surface area (Å²) in [5.41, 5.74) is 2.44. The fourth-order valence-corrected chi connectivity index (χ4v) is 3.64. The van der Waals surface area contributed by atoms with E-state index in [1.165, 1.54) is 10.4 Å². The summed E-state index contributed by atoms with van der Waals surface area (Å²) in [6.07, 6.45) is 4.83. The molecule has 4 heterocycles. The number of fused-ring (bicyclic) bond motifs is 2. The van der Waals surface area contributed by atoms with Crippen LogP contribution >= 0.6 is 11.3 Å². The summed E-state index contributed by atoms with van der Waals surface area (Å²) in [6, 6.07) is 4.34. The Balaban J connectivity index is 1.79. The molecule has 4 nitrogen and oxygen atoms in total. The Hall–Kier alpha value is -1.88. The molecule has 0 N–H and O–H groups in total. The van der Waals surface area contributed by atoms with Crippen molar-refractivity contribution >= 4 is 28.2 Å². The van der Waals surface area contributed by atoms with E-state index in [9.17, 15) is 0 Å². The fourth-order valence-electron chi connectivity index (χ4n) is 2.75. The molecule has 0 unspecified atom stereocenters. The molecule has 0 aliphatic carbocycles. The lowest BCUT2D eigenvalue weighted by Gasteiger charge is -2.28. The molecule has 0 radical (unpaired) electrons. The molecular formula is C14H14N4S. The van der Waals surface area contributed by atoms with Gasteiger partial charge in [0.15, 0.2) is 0 Å². The molecule has 96 valence electrons. The van der Waals surface area contributed by atoms with Crippen molar-refractivity contribution in [2.24, 2.45) is 7.05 Å².